The van der Waals surface area contributed by atoms with E-state index in [9.17, 15) is 0 Å². The Morgan fingerprint density at radius 1 is 1.00 bits per heavy atom. The zero-order valence-electron chi connectivity index (χ0n) is 10.2. The minimum absolute atomic E-state index is 0.998. The Morgan fingerprint density at radius 3 is 2.65 bits per heavy atom. The highest BCUT2D eigenvalue weighted by atomic mass is 14.8. The summed E-state index contributed by atoms with van der Waals surface area (Å²) in [4.78, 5) is 0. The van der Waals surface area contributed by atoms with Gasteiger partial charge < -0.3 is 5.32 Å². The highest BCUT2D eigenvalue weighted by Gasteiger charge is 2.09. The van der Waals surface area contributed by atoms with Crippen LogP contribution in [0.15, 0.2) is 42.5 Å². The fraction of sp³-hybridized carbons (Fsp3) is 0.250. The number of nitrogens with one attached hydrogen (secondary N) is 1. The third-order valence-electron chi connectivity index (χ3n) is 3.55. The molecule has 1 heterocycles. The Hall–Kier alpha value is -1.60. The van der Waals surface area contributed by atoms with Gasteiger partial charge in [0.15, 0.2) is 0 Å². The van der Waals surface area contributed by atoms with Crippen molar-refractivity contribution in [1.29, 1.82) is 0 Å². The molecule has 1 nitrogen and oxygen atoms in total. The van der Waals surface area contributed by atoms with Crippen molar-refractivity contribution in [2.24, 2.45) is 0 Å². The van der Waals surface area contributed by atoms with Gasteiger partial charge in [0, 0.05) is 6.54 Å². The molecule has 0 spiro atoms. The minimum atomic E-state index is 0.998. The number of hydrogen-bond acceptors (Lipinski definition) is 1. The zero-order valence-corrected chi connectivity index (χ0v) is 10.2. The van der Waals surface area contributed by atoms with E-state index in [1.807, 2.05) is 0 Å². The third-order valence-corrected chi connectivity index (χ3v) is 3.55. The molecule has 0 radical (unpaired) electrons. The first-order valence-electron chi connectivity index (χ1n) is 6.25. The second kappa shape index (κ2) is 4.34. The smallest absolute Gasteiger partial charge is 0.0140 e. The average Bonchev–Trinajstić information content (AvgIpc) is 2.40. The third kappa shape index (κ3) is 1.87. The van der Waals surface area contributed by atoms with Gasteiger partial charge >= 0.3 is 0 Å². The summed E-state index contributed by atoms with van der Waals surface area (Å²) in [5, 5.41) is 6.14. The lowest BCUT2D eigenvalue weighted by atomic mass is 9.93. The summed E-state index contributed by atoms with van der Waals surface area (Å²) >= 11 is 0. The van der Waals surface area contributed by atoms with E-state index in [0.717, 1.165) is 19.5 Å². The van der Waals surface area contributed by atoms with Crippen LogP contribution in [0.3, 0.4) is 0 Å². The van der Waals surface area contributed by atoms with Gasteiger partial charge in [-0.15, -0.1) is 0 Å². The van der Waals surface area contributed by atoms with Crippen molar-refractivity contribution in [1.82, 2.24) is 5.32 Å². The lowest BCUT2D eigenvalue weighted by Crippen LogP contribution is -2.20. The average molecular weight is 223 g/mol. The molecule has 0 unspecified atom stereocenters. The molecule has 0 bridgehead atoms. The van der Waals surface area contributed by atoms with Crippen LogP contribution < -0.4 is 5.32 Å². The van der Waals surface area contributed by atoms with Crippen LogP contribution in [-0.4, -0.2) is 13.1 Å². The summed E-state index contributed by atoms with van der Waals surface area (Å²) < 4.78 is 0. The lowest BCUT2D eigenvalue weighted by Gasteiger charge is -2.16. The highest BCUT2D eigenvalue weighted by Crippen LogP contribution is 2.29. The molecule has 2 aromatic carbocycles. The molecule has 2 aromatic rings. The van der Waals surface area contributed by atoms with Gasteiger partial charge in [0.05, 0.1) is 0 Å². The van der Waals surface area contributed by atoms with E-state index in [-0.39, 0.29) is 0 Å². The van der Waals surface area contributed by atoms with E-state index in [1.54, 1.807) is 0 Å². The number of rotatable bonds is 1. The molecular formula is C16H17N. The van der Waals surface area contributed by atoms with E-state index in [4.69, 9.17) is 0 Å². The molecule has 0 saturated carbocycles. The van der Waals surface area contributed by atoms with E-state index < -0.39 is 0 Å². The molecule has 86 valence electrons. The predicted molar refractivity (Wildman–Crippen MR) is 74.1 cm³/mol. The van der Waals surface area contributed by atoms with E-state index in [1.165, 1.54) is 27.5 Å². The molecule has 1 aliphatic heterocycles. The Labute approximate surface area is 102 Å². The first-order chi connectivity index (χ1) is 8.36. The maximum absolute atomic E-state index is 3.37. The van der Waals surface area contributed by atoms with E-state index >= 15 is 0 Å². The van der Waals surface area contributed by atoms with Crippen LogP contribution >= 0.6 is 0 Å². The monoisotopic (exact) mass is 223 g/mol. The van der Waals surface area contributed by atoms with E-state index in [2.05, 4.69) is 54.7 Å². The van der Waals surface area contributed by atoms with Crippen molar-refractivity contribution in [2.45, 2.75) is 13.3 Å². The van der Waals surface area contributed by atoms with Crippen molar-refractivity contribution < 1.29 is 0 Å². The quantitative estimate of drug-likeness (QED) is 0.780. The van der Waals surface area contributed by atoms with Crippen LogP contribution in [0.4, 0.5) is 0 Å². The Balaban J connectivity index is 2.23. The molecule has 0 aromatic heterocycles. The number of aryl methyl sites for hydroxylation is 1. The Kier molecular flexibility index (Phi) is 2.69. The van der Waals surface area contributed by atoms with Crippen LogP contribution in [0, 0.1) is 6.92 Å². The fourth-order valence-corrected chi connectivity index (χ4v) is 2.61. The van der Waals surface area contributed by atoms with Crippen LogP contribution in [0.2, 0.25) is 0 Å². The van der Waals surface area contributed by atoms with Gasteiger partial charge in [-0.3, -0.25) is 0 Å². The van der Waals surface area contributed by atoms with Gasteiger partial charge in [0.2, 0.25) is 0 Å². The number of fused-ring (bicyclic) bond motifs is 1. The van der Waals surface area contributed by atoms with Gasteiger partial charge in [-0.2, -0.15) is 0 Å². The van der Waals surface area contributed by atoms with Crippen LogP contribution in [0.1, 0.15) is 17.5 Å². The second-order valence-corrected chi connectivity index (χ2v) is 4.66. The SMILES string of the molecule is Cc1cccc2c(C3=CCNCC3)cccc12. The second-order valence-electron chi connectivity index (χ2n) is 4.66. The molecule has 17 heavy (non-hydrogen) atoms. The fourth-order valence-electron chi connectivity index (χ4n) is 2.61. The highest BCUT2D eigenvalue weighted by molar-refractivity contribution is 5.95. The largest absolute Gasteiger partial charge is 0.313 e. The number of hydrogen-bond donors (Lipinski definition) is 1. The van der Waals surface area contributed by atoms with Gasteiger partial charge in [0.1, 0.15) is 0 Å². The first kappa shape index (κ1) is 10.5. The molecule has 3 rings (SSSR count). The first-order valence-corrected chi connectivity index (χ1v) is 6.25. The van der Waals surface area contributed by atoms with Gasteiger partial charge in [-0.25, -0.2) is 0 Å². The predicted octanol–water partition coefficient (Wildman–Crippen LogP) is 3.52. The maximum Gasteiger partial charge on any atom is 0.0140 e. The van der Waals surface area contributed by atoms with Gasteiger partial charge in [-0.05, 0) is 47.4 Å². The molecule has 1 N–H and O–H groups in total. The lowest BCUT2D eigenvalue weighted by molar-refractivity contribution is 0.739. The summed E-state index contributed by atoms with van der Waals surface area (Å²) in [6, 6.07) is 13.2. The van der Waals surface area contributed by atoms with Crippen LogP contribution in [0.25, 0.3) is 16.3 Å². The summed E-state index contributed by atoms with van der Waals surface area (Å²) in [5.74, 6) is 0. The molecule has 0 aliphatic carbocycles. The maximum atomic E-state index is 3.37. The van der Waals surface area contributed by atoms with E-state index in [0.29, 0.717) is 0 Å². The Bertz CT molecular complexity index is 581. The molecule has 1 heteroatoms. The molecule has 0 atom stereocenters. The molecule has 0 amide bonds. The topological polar surface area (TPSA) is 12.0 Å². The van der Waals surface area contributed by atoms with Gasteiger partial charge in [0.25, 0.3) is 0 Å². The van der Waals surface area contributed by atoms with Crippen LogP contribution in [-0.2, 0) is 0 Å². The van der Waals surface area contributed by atoms with Gasteiger partial charge in [-0.1, -0.05) is 42.5 Å². The van der Waals surface area contributed by atoms with Crippen molar-refractivity contribution in [2.75, 3.05) is 13.1 Å². The van der Waals surface area contributed by atoms with Crippen molar-refractivity contribution in [3.63, 3.8) is 0 Å². The van der Waals surface area contributed by atoms with Crippen molar-refractivity contribution in [3.05, 3.63) is 53.6 Å². The molecular weight excluding hydrogens is 206 g/mol. The summed E-state index contributed by atoms with van der Waals surface area (Å²) in [7, 11) is 0. The molecule has 1 aliphatic rings. The van der Waals surface area contributed by atoms with Crippen LogP contribution in [0.5, 0.6) is 0 Å². The molecule has 0 saturated heterocycles. The normalized spacial score (nSPS) is 15.9. The van der Waals surface area contributed by atoms with Crippen molar-refractivity contribution >= 4 is 16.3 Å². The Morgan fingerprint density at radius 2 is 1.82 bits per heavy atom. The summed E-state index contributed by atoms with van der Waals surface area (Å²) in [6.45, 7) is 4.27. The summed E-state index contributed by atoms with van der Waals surface area (Å²) in [5.41, 5.74) is 4.26. The standard InChI is InChI=1S/C16H17N/c1-12-4-2-7-16-14(12)5-3-6-15(16)13-8-10-17-11-9-13/h2-8,17H,9-11H2,1H3. The number of benzene rings is 2. The zero-order chi connectivity index (χ0) is 11.7. The van der Waals surface area contributed by atoms with Crippen molar-refractivity contribution in [3.8, 4) is 0 Å². The summed E-state index contributed by atoms with van der Waals surface area (Å²) in [6.07, 6.45) is 3.45. The molecule has 0 fully saturated rings. The minimum Gasteiger partial charge on any atom is -0.313 e.